The van der Waals surface area contributed by atoms with Crippen LogP contribution in [-0.2, 0) is 0 Å². The standard InChI is InChI=1S/C25H42.2C2H6.CH4/c1-18(2)8-4-5-9-19-11-13-22-21(19)15-16-24-23(22)14-12-20-10-6-7-17-25(20,24)3;2*1-2;/h12,18-19,21-24H,4-11,13-17H2,1-3H3;2*1-2H3;1H4. The number of hydrogen-bond acceptors (Lipinski definition) is 0. The first-order valence-electron chi connectivity index (χ1n) is 13.8. The summed E-state index contributed by atoms with van der Waals surface area (Å²) in [7, 11) is 0. The molecular formula is C30H58. The summed E-state index contributed by atoms with van der Waals surface area (Å²) in [5, 5.41) is 0. The first-order chi connectivity index (χ1) is 14.1. The molecule has 0 aromatic heterocycles. The van der Waals surface area contributed by atoms with E-state index in [2.05, 4.69) is 26.8 Å². The van der Waals surface area contributed by atoms with E-state index in [0.29, 0.717) is 5.41 Å². The molecular weight excluding hydrogens is 360 g/mol. The molecule has 6 unspecified atom stereocenters. The minimum Gasteiger partial charge on any atom is -0.0845 e. The first-order valence-corrected chi connectivity index (χ1v) is 13.8. The Kier molecular flexibility index (Phi) is 12.3. The van der Waals surface area contributed by atoms with E-state index < -0.39 is 0 Å². The lowest BCUT2D eigenvalue weighted by Gasteiger charge is -2.55. The largest absolute Gasteiger partial charge is 0.0845 e. The summed E-state index contributed by atoms with van der Waals surface area (Å²) in [6.07, 6.45) is 22.3. The second-order valence-electron chi connectivity index (χ2n) is 10.8. The lowest BCUT2D eigenvalue weighted by molar-refractivity contribution is 0.00493. The zero-order valence-electron chi connectivity index (χ0n) is 21.2. The van der Waals surface area contributed by atoms with Gasteiger partial charge in [-0.2, -0.15) is 0 Å². The molecule has 0 radical (unpaired) electrons. The van der Waals surface area contributed by atoms with E-state index in [1.165, 1.54) is 51.4 Å². The number of unbranched alkanes of at least 4 members (excludes halogenated alkanes) is 1. The Bertz CT molecular complexity index is 486. The molecule has 6 atom stereocenters. The Labute approximate surface area is 192 Å². The van der Waals surface area contributed by atoms with Gasteiger partial charge < -0.3 is 0 Å². The summed E-state index contributed by atoms with van der Waals surface area (Å²) < 4.78 is 0. The summed E-state index contributed by atoms with van der Waals surface area (Å²) in [6, 6.07) is 0. The quantitative estimate of drug-likeness (QED) is 0.307. The van der Waals surface area contributed by atoms with Crippen molar-refractivity contribution in [1.29, 1.82) is 0 Å². The van der Waals surface area contributed by atoms with Gasteiger partial charge in [-0.15, -0.1) is 0 Å². The fraction of sp³-hybridized carbons (Fsp3) is 0.933. The third-order valence-electron chi connectivity index (χ3n) is 9.09. The zero-order chi connectivity index (χ0) is 21.4. The fourth-order valence-electron chi connectivity index (χ4n) is 7.79. The van der Waals surface area contributed by atoms with Gasteiger partial charge in [0, 0.05) is 0 Å². The normalized spacial score (nSPS) is 36.5. The number of fused-ring (bicyclic) bond motifs is 5. The molecule has 30 heavy (non-hydrogen) atoms. The predicted octanol–water partition coefficient (Wildman–Crippen LogP) is 10.5. The van der Waals surface area contributed by atoms with Crippen LogP contribution in [0.2, 0.25) is 0 Å². The van der Waals surface area contributed by atoms with Crippen LogP contribution in [0, 0.1) is 40.9 Å². The van der Waals surface area contributed by atoms with Crippen LogP contribution in [0.25, 0.3) is 0 Å². The van der Waals surface area contributed by atoms with E-state index in [1.807, 2.05) is 33.3 Å². The highest BCUT2D eigenvalue weighted by Crippen LogP contribution is 2.62. The van der Waals surface area contributed by atoms with Gasteiger partial charge in [0.25, 0.3) is 0 Å². The maximum atomic E-state index is 2.73. The Morgan fingerprint density at radius 2 is 1.60 bits per heavy atom. The van der Waals surface area contributed by atoms with E-state index in [0.717, 1.165) is 35.5 Å². The van der Waals surface area contributed by atoms with Crippen LogP contribution >= 0.6 is 0 Å². The van der Waals surface area contributed by atoms with Gasteiger partial charge in [0.15, 0.2) is 0 Å². The van der Waals surface area contributed by atoms with Crippen LogP contribution < -0.4 is 0 Å². The highest BCUT2D eigenvalue weighted by atomic mass is 14.6. The van der Waals surface area contributed by atoms with Crippen LogP contribution in [0.5, 0.6) is 0 Å². The Balaban J connectivity index is 0.000000851. The molecule has 3 saturated carbocycles. The summed E-state index contributed by atoms with van der Waals surface area (Å²) in [5.41, 5.74) is 2.48. The molecule has 3 fully saturated rings. The summed E-state index contributed by atoms with van der Waals surface area (Å²) in [6.45, 7) is 15.4. The van der Waals surface area contributed by atoms with Crippen molar-refractivity contribution in [3.8, 4) is 0 Å². The highest BCUT2D eigenvalue weighted by molar-refractivity contribution is 5.23. The van der Waals surface area contributed by atoms with Crippen LogP contribution in [0.15, 0.2) is 11.6 Å². The van der Waals surface area contributed by atoms with E-state index in [1.54, 1.807) is 32.1 Å². The third kappa shape index (κ3) is 5.95. The molecule has 0 aliphatic heterocycles. The van der Waals surface area contributed by atoms with Crippen molar-refractivity contribution >= 4 is 0 Å². The van der Waals surface area contributed by atoms with Gasteiger partial charge in [-0.05, 0) is 92.3 Å². The second kappa shape index (κ2) is 13.3. The van der Waals surface area contributed by atoms with Gasteiger partial charge in [0.1, 0.15) is 0 Å². The second-order valence-corrected chi connectivity index (χ2v) is 10.8. The molecule has 0 saturated heterocycles. The molecule has 0 heterocycles. The average molecular weight is 419 g/mol. The minimum absolute atomic E-state index is 0. The molecule has 0 aromatic carbocycles. The van der Waals surface area contributed by atoms with Crippen molar-refractivity contribution in [1.82, 2.24) is 0 Å². The summed E-state index contributed by atoms with van der Waals surface area (Å²) >= 11 is 0. The molecule has 0 spiro atoms. The molecule has 0 N–H and O–H groups in total. The molecule has 4 aliphatic carbocycles. The maximum absolute atomic E-state index is 2.73. The molecule has 4 aliphatic rings. The highest BCUT2D eigenvalue weighted by Gasteiger charge is 2.53. The summed E-state index contributed by atoms with van der Waals surface area (Å²) in [4.78, 5) is 0. The molecule has 0 nitrogen and oxygen atoms in total. The molecule has 0 amide bonds. The topological polar surface area (TPSA) is 0 Å². The fourth-order valence-corrected chi connectivity index (χ4v) is 7.79. The monoisotopic (exact) mass is 418 g/mol. The minimum atomic E-state index is 0. The maximum Gasteiger partial charge on any atom is -0.00853 e. The van der Waals surface area contributed by atoms with Gasteiger partial charge in [0.2, 0.25) is 0 Å². The van der Waals surface area contributed by atoms with Crippen LogP contribution in [0.3, 0.4) is 0 Å². The first kappa shape index (κ1) is 27.8. The van der Waals surface area contributed by atoms with Gasteiger partial charge in [-0.1, -0.05) is 99.6 Å². The Morgan fingerprint density at radius 3 is 2.30 bits per heavy atom. The van der Waals surface area contributed by atoms with Crippen molar-refractivity contribution in [2.24, 2.45) is 40.9 Å². The molecule has 4 rings (SSSR count). The van der Waals surface area contributed by atoms with Crippen molar-refractivity contribution in [2.45, 2.75) is 139 Å². The van der Waals surface area contributed by atoms with Crippen molar-refractivity contribution in [3.05, 3.63) is 11.6 Å². The Morgan fingerprint density at radius 1 is 0.900 bits per heavy atom. The van der Waals surface area contributed by atoms with E-state index in [9.17, 15) is 0 Å². The van der Waals surface area contributed by atoms with E-state index >= 15 is 0 Å². The molecule has 0 bridgehead atoms. The SMILES string of the molecule is C.CC.CC.CC(C)CCCCC1CCC2C1CCC1C2CC=C2CCCCC21C. The number of allylic oxidation sites excluding steroid dienone is 2. The van der Waals surface area contributed by atoms with Crippen molar-refractivity contribution < 1.29 is 0 Å². The lowest BCUT2D eigenvalue weighted by Crippen LogP contribution is -2.46. The van der Waals surface area contributed by atoms with Crippen LogP contribution in [-0.4, -0.2) is 0 Å². The van der Waals surface area contributed by atoms with Gasteiger partial charge >= 0.3 is 0 Å². The van der Waals surface area contributed by atoms with Crippen LogP contribution in [0.4, 0.5) is 0 Å². The van der Waals surface area contributed by atoms with E-state index in [4.69, 9.17) is 0 Å². The number of rotatable bonds is 5. The van der Waals surface area contributed by atoms with Crippen LogP contribution in [0.1, 0.15) is 139 Å². The van der Waals surface area contributed by atoms with E-state index in [-0.39, 0.29) is 7.43 Å². The number of hydrogen-bond donors (Lipinski definition) is 0. The third-order valence-corrected chi connectivity index (χ3v) is 9.09. The molecule has 0 aromatic rings. The summed E-state index contributed by atoms with van der Waals surface area (Å²) in [5.74, 6) is 6.25. The van der Waals surface area contributed by atoms with Crippen molar-refractivity contribution in [3.63, 3.8) is 0 Å². The average Bonchev–Trinajstić information content (AvgIpc) is 3.17. The van der Waals surface area contributed by atoms with Gasteiger partial charge in [-0.25, -0.2) is 0 Å². The van der Waals surface area contributed by atoms with Gasteiger partial charge in [-0.3, -0.25) is 0 Å². The van der Waals surface area contributed by atoms with Gasteiger partial charge in [0.05, 0.1) is 0 Å². The smallest absolute Gasteiger partial charge is 0.00853 e. The zero-order valence-corrected chi connectivity index (χ0v) is 21.2. The molecule has 178 valence electrons. The predicted molar refractivity (Wildman–Crippen MR) is 138 cm³/mol. The lowest BCUT2D eigenvalue weighted by atomic mass is 9.50. The molecule has 0 heteroatoms. The Hall–Kier alpha value is -0.260. The van der Waals surface area contributed by atoms with Crippen molar-refractivity contribution in [2.75, 3.05) is 0 Å².